The molecule has 0 aliphatic carbocycles. The minimum Gasteiger partial charge on any atom is -0.309 e. The lowest BCUT2D eigenvalue weighted by molar-refractivity contribution is 0.591. The van der Waals surface area contributed by atoms with Crippen LogP contribution in [-0.2, 0) is 9.13 Å². The van der Waals surface area contributed by atoms with Crippen molar-refractivity contribution < 1.29 is 9.13 Å². The Labute approximate surface area is 757 Å². The summed E-state index contributed by atoms with van der Waals surface area (Å²) in [4.78, 5) is 30.4. The third-order valence-electron chi connectivity index (χ3n) is 23.8. The maximum Gasteiger partial charge on any atom is 0.171 e. The molecule has 0 radical (unpaired) electrons. The van der Waals surface area contributed by atoms with E-state index in [1.54, 1.807) is 0 Å². The van der Waals surface area contributed by atoms with Crippen LogP contribution in [0.5, 0.6) is 0 Å². The highest BCUT2D eigenvalue weighted by molar-refractivity contribution is 7.85. The Hall–Kier alpha value is -16.3. The Morgan fingerprint density at radius 1 is 0.108 bits per heavy atom. The fourth-order valence-electron chi connectivity index (χ4n) is 16.7. The molecule has 0 aliphatic rings. The molecule has 0 atom stereocenters. The molecule has 0 saturated heterocycles. The minimum atomic E-state index is -3.05. The molecule has 0 spiro atoms. The lowest BCUT2D eigenvalue weighted by Crippen LogP contribution is -2.24. The average molecular weight is 1700 g/mol. The molecule has 0 amide bonds. The van der Waals surface area contributed by atoms with Gasteiger partial charge in [-0.3, -0.25) is 0 Å². The molecule has 19 aromatic carbocycles. The third kappa shape index (κ3) is 17.7. The first-order valence-electron chi connectivity index (χ1n) is 43.5. The van der Waals surface area contributed by atoms with E-state index in [-0.39, 0.29) is 0 Å². The molecular formula is C120H84N6O2P2. The second-order valence-electron chi connectivity index (χ2n) is 31.9. The Morgan fingerprint density at radius 3 is 0.423 bits per heavy atom. The van der Waals surface area contributed by atoms with Gasteiger partial charge in [-0.1, -0.05) is 497 Å². The summed E-state index contributed by atoms with van der Waals surface area (Å²) in [5.74, 6) is 3.67. The average Bonchev–Trinajstić information content (AvgIpc) is 0.763. The second-order valence-corrected chi connectivity index (χ2v) is 37.5. The van der Waals surface area contributed by atoms with Crippen LogP contribution in [0.2, 0.25) is 0 Å². The Balaban J connectivity index is 0.000000163. The van der Waals surface area contributed by atoms with E-state index < -0.39 is 14.3 Å². The fourth-order valence-corrected chi connectivity index (χ4v) is 22.0. The lowest BCUT2D eigenvalue weighted by atomic mass is 9.97. The lowest BCUT2D eigenvalue weighted by Gasteiger charge is -2.20. The van der Waals surface area contributed by atoms with Crippen molar-refractivity contribution in [3.05, 3.63) is 510 Å². The number of hydrogen-bond donors (Lipinski definition) is 0. The summed E-state index contributed by atoms with van der Waals surface area (Å²) in [6.45, 7) is 0. The van der Waals surface area contributed by atoms with Crippen LogP contribution in [0, 0.1) is 0 Å². The SMILES string of the molecule is O=P(c1ccccc1)(c1ccccc1)c1ccc(-c2ccc(-c3ccc(-c4cccc(-c5nc(-c6ccc(-c7ccccc7)cc6)nc(-c6ccc(-c7ccccc7)cc6)n5)c4)cc3)cc2)cc1.O=P(c1ccccc1)(c1ccccc1)c1ccc(-c2ccc(-c3cccc(-c4nc(-c5ccc(-c6ccccc6)cc5)nc(-c5ccc(-c6ccccc6)cc5)n4)c3)cc2)cc1. The topological polar surface area (TPSA) is 111 Å². The summed E-state index contributed by atoms with van der Waals surface area (Å²) < 4.78 is 29.8. The summed E-state index contributed by atoms with van der Waals surface area (Å²) in [7, 11) is -6.09. The van der Waals surface area contributed by atoms with Crippen molar-refractivity contribution in [2.24, 2.45) is 0 Å². The van der Waals surface area contributed by atoms with E-state index in [0.29, 0.717) is 34.9 Å². The first-order valence-corrected chi connectivity index (χ1v) is 46.9. The zero-order chi connectivity index (χ0) is 87.4. The molecule has 0 unspecified atom stereocenters. The molecular weight excluding hydrogens is 1620 g/mol. The van der Waals surface area contributed by atoms with E-state index in [1.165, 1.54) is 0 Å². The molecule has 0 bridgehead atoms. The van der Waals surface area contributed by atoms with E-state index in [9.17, 15) is 9.13 Å². The van der Waals surface area contributed by atoms with Gasteiger partial charge in [-0.2, -0.15) is 0 Å². The first kappa shape index (κ1) is 82.0. The van der Waals surface area contributed by atoms with Gasteiger partial charge in [0.1, 0.15) is 0 Å². The second kappa shape index (κ2) is 37.5. The summed E-state index contributed by atoms with van der Waals surface area (Å²) in [5.41, 5.74) is 25.5. The molecule has 21 rings (SSSR count). The fraction of sp³-hybridized carbons (Fsp3) is 0. The summed E-state index contributed by atoms with van der Waals surface area (Å²) in [5, 5.41) is 4.94. The summed E-state index contributed by atoms with van der Waals surface area (Å²) in [6.07, 6.45) is 0. The molecule has 8 nitrogen and oxygen atoms in total. The van der Waals surface area contributed by atoms with Crippen LogP contribution in [0.1, 0.15) is 0 Å². The Morgan fingerprint density at radius 2 is 0.231 bits per heavy atom. The predicted octanol–water partition coefficient (Wildman–Crippen LogP) is 28.0. The van der Waals surface area contributed by atoms with E-state index in [1.807, 2.05) is 170 Å². The highest BCUT2D eigenvalue weighted by Crippen LogP contribution is 2.45. The van der Waals surface area contributed by atoms with Crippen LogP contribution < -0.4 is 31.8 Å². The largest absolute Gasteiger partial charge is 0.309 e. The third-order valence-corrected chi connectivity index (χ3v) is 29.9. The Kier molecular flexibility index (Phi) is 23.6. The maximum absolute atomic E-state index is 14.9. The number of nitrogens with zero attached hydrogens (tertiary/aromatic N) is 6. The van der Waals surface area contributed by atoms with Gasteiger partial charge in [0, 0.05) is 65.2 Å². The van der Waals surface area contributed by atoms with Crippen molar-refractivity contribution in [3.63, 3.8) is 0 Å². The van der Waals surface area contributed by atoms with Gasteiger partial charge in [0.2, 0.25) is 0 Å². The molecule has 0 fully saturated rings. The molecule has 2 aromatic heterocycles. The maximum atomic E-state index is 14.9. The highest BCUT2D eigenvalue weighted by Gasteiger charge is 2.31. The van der Waals surface area contributed by atoms with Crippen molar-refractivity contribution in [1.29, 1.82) is 0 Å². The van der Waals surface area contributed by atoms with Gasteiger partial charge in [0.05, 0.1) is 0 Å². The molecule has 2 heterocycles. The highest BCUT2D eigenvalue weighted by atomic mass is 31.2. The summed E-state index contributed by atoms with van der Waals surface area (Å²) in [6, 6.07) is 173. The molecule has 10 heteroatoms. The Bertz CT molecular complexity index is 7280. The standard InChI is InChI=1S/C63H44N3OP.C57H40N3OP/c67-68(58-20-9-3-10-21-58,59-22-11-4-12-23-59)60-42-40-52(41-43-60)51-26-24-49(25-27-51)50-28-30-53(31-29-50)56-18-13-19-57(44-56)63-65-61(54-36-32-47(33-37-54)45-14-5-1-6-15-45)64-62(66-63)55-38-34-48(35-39-55)46-16-7-2-8-17-46;61-62(52-20-9-3-10-21-52,53-22-11-4-12-23-53)54-38-36-46(37-39-54)45-24-26-47(27-25-45)50-18-13-19-51(40-50)57-59-55(48-32-28-43(29-33-48)41-14-5-1-6-15-41)58-56(60-57)49-34-30-44(31-35-49)42-16-7-2-8-17-42/h1-44H;1-40H. The van der Waals surface area contributed by atoms with Gasteiger partial charge >= 0.3 is 0 Å². The predicted molar refractivity (Wildman–Crippen MR) is 540 cm³/mol. The zero-order valence-corrected chi connectivity index (χ0v) is 72.7. The van der Waals surface area contributed by atoms with Crippen molar-refractivity contribution in [2.45, 2.75) is 0 Å². The zero-order valence-electron chi connectivity index (χ0n) is 70.9. The van der Waals surface area contributed by atoms with E-state index in [4.69, 9.17) is 29.9 Å². The van der Waals surface area contributed by atoms with Gasteiger partial charge in [0.15, 0.2) is 49.2 Å². The van der Waals surface area contributed by atoms with Crippen LogP contribution in [0.3, 0.4) is 0 Å². The van der Waals surface area contributed by atoms with Crippen molar-refractivity contribution in [3.8, 4) is 168 Å². The van der Waals surface area contributed by atoms with Crippen molar-refractivity contribution in [2.75, 3.05) is 0 Å². The van der Waals surface area contributed by atoms with Crippen LogP contribution >= 0.6 is 14.3 Å². The van der Waals surface area contributed by atoms with Crippen LogP contribution in [0.4, 0.5) is 0 Å². The van der Waals surface area contributed by atoms with Crippen molar-refractivity contribution >= 4 is 46.1 Å². The number of benzene rings is 19. The monoisotopic (exact) mass is 1700 g/mol. The minimum absolute atomic E-state index is 0.603. The molecule has 0 aliphatic heterocycles. The molecule has 0 N–H and O–H groups in total. The summed E-state index contributed by atoms with van der Waals surface area (Å²) >= 11 is 0. The van der Waals surface area contributed by atoms with Gasteiger partial charge in [-0.25, -0.2) is 29.9 Å². The van der Waals surface area contributed by atoms with Crippen molar-refractivity contribution in [1.82, 2.24) is 29.9 Å². The molecule has 0 saturated carbocycles. The number of hydrogen-bond acceptors (Lipinski definition) is 8. The van der Waals surface area contributed by atoms with E-state index >= 15 is 0 Å². The van der Waals surface area contributed by atoms with Gasteiger partial charge in [0.25, 0.3) is 0 Å². The number of rotatable bonds is 21. The quantitative estimate of drug-likeness (QED) is 0.0654. The molecule has 21 aromatic rings. The normalized spacial score (nSPS) is 11.3. The first-order chi connectivity index (χ1) is 64.1. The van der Waals surface area contributed by atoms with Gasteiger partial charge in [-0.15, -0.1) is 0 Å². The van der Waals surface area contributed by atoms with Crippen LogP contribution in [0.25, 0.3) is 168 Å². The van der Waals surface area contributed by atoms with E-state index in [2.05, 4.69) is 340 Å². The van der Waals surface area contributed by atoms with E-state index in [0.717, 1.165) is 165 Å². The smallest absolute Gasteiger partial charge is 0.171 e. The van der Waals surface area contributed by atoms with Gasteiger partial charge < -0.3 is 9.13 Å². The van der Waals surface area contributed by atoms with Crippen LogP contribution in [-0.4, -0.2) is 29.9 Å². The number of aromatic nitrogens is 6. The van der Waals surface area contributed by atoms with Gasteiger partial charge in [-0.05, 0) is 112 Å². The molecule has 616 valence electrons. The molecule has 130 heavy (non-hydrogen) atoms. The van der Waals surface area contributed by atoms with Crippen LogP contribution in [0.15, 0.2) is 510 Å².